The number of anilines is 2. The van der Waals surface area contributed by atoms with Crippen molar-refractivity contribution < 1.29 is 18.7 Å². The van der Waals surface area contributed by atoms with Gasteiger partial charge in [0.05, 0.1) is 22.4 Å². The van der Waals surface area contributed by atoms with Crippen LogP contribution in [-0.2, 0) is 4.74 Å². The van der Waals surface area contributed by atoms with Gasteiger partial charge in [-0.25, -0.2) is 19.0 Å². The molecule has 1 heterocycles. The number of nitrogens with one attached hydrogen (secondary N) is 2. The SMILES string of the molecule is CCOC(=O)c1ccc(NC(=O)Nc2nc3ccc(F)cc3s2)cc1. The molecule has 2 amide bonds. The fraction of sp³-hybridized carbons (Fsp3) is 0.118. The zero-order chi connectivity index (χ0) is 17.8. The lowest BCUT2D eigenvalue weighted by atomic mass is 10.2. The number of carbonyl (C=O) groups is 2. The average Bonchev–Trinajstić information content (AvgIpc) is 2.96. The Morgan fingerprint density at radius 1 is 1.16 bits per heavy atom. The number of ether oxygens (including phenoxy) is 1. The van der Waals surface area contributed by atoms with Gasteiger partial charge in [-0.2, -0.15) is 0 Å². The fourth-order valence-corrected chi connectivity index (χ4v) is 3.00. The number of amides is 2. The minimum Gasteiger partial charge on any atom is -0.462 e. The van der Waals surface area contributed by atoms with Crippen molar-refractivity contribution in [2.45, 2.75) is 6.92 Å². The van der Waals surface area contributed by atoms with Crippen LogP contribution in [0, 0.1) is 5.82 Å². The Balaban J connectivity index is 1.64. The third-order valence-electron chi connectivity index (χ3n) is 3.22. The number of urea groups is 1. The second-order valence-electron chi connectivity index (χ2n) is 5.01. The summed E-state index contributed by atoms with van der Waals surface area (Å²) in [6, 6.07) is 10.1. The number of fused-ring (bicyclic) bond motifs is 1. The monoisotopic (exact) mass is 359 g/mol. The zero-order valence-electron chi connectivity index (χ0n) is 13.2. The van der Waals surface area contributed by atoms with E-state index in [4.69, 9.17) is 4.74 Å². The van der Waals surface area contributed by atoms with Gasteiger partial charge in [0, 0.05) is 5.69 Å². The summed E-state index contributed by atoms with van der Waals surface area (Å²) in [6.45, 7) is 2.03. The highest BCUT2D eigenvalue weighted by Crippen LogP contribution is 2.26. The highest BCUT2D eigenvalue weighted by molar-refractivity contribution is 7.22. The predicted molar refractivity (Wildman–Crippen MR) is 94.6 cm³/mol. The first kappa shape index (κ1) is 16.8. The smallest absolute Gasteiger partial charge is 0.338 e. The van der Waals surface area contributed by atoms with Crippen molar-refractivity contribution in [2.24, 2.45) is 0 Å². The van der Waals surface area contributed by atoms with Crippen LogP contribution >= 0.6 is 11.3 Å². The van der Waals surface area contributed by atoms with Crippen molar-refractivity contribution in [1.29, 1.82) is 0 Å². The van der Waals surface area contributed by atoms with Crippen LogP contribution in [0.2, 0.25) is 0 Å². The van der Waals surface area contributed by atoms with E-state index in [-0.39, 0.29) is 5.82 Å². The molecule has 3 aromatic rings. The lowest BCUT2D eigenvalue weighted by molar-refractivity contribution is 0.0526. The number of nitrogens with zero attached hydrogens (tertiary/aromatic N) is 1. The second-order valence-corrected chi connectivity index (χ2v) is 6.04. The number of aromatic nitrogens is 1. The van der Waals surface area contributed by atoms with E-state index in [0.29, 0.717) is 33.2 Å². The zero-order valence-corrected chi connectivity index (χ0v) is 14.0. The number of rotatable bonds is 4. The lowest BCUT2D eigenvalue weighted by Crippen LogP contribution is -2.19. The Labute approximate surface area is 146 Å². The summed E-state index contributed by atoms with van der Waals surface area (Å²) in [6.07, 6.45) is 0. The molecule has 0 unspecified atom stereocenters. The van der Waals surface area contributed by atoms with Crippen LogP contribution in [0.5, 0.6) is 0 Å². The number of carbonyl (C=O) groups excluding carboxylic acids is 2. The molecule has 0 spiro atoms. The standard InChI is InChI=1S/C17H14FN3O3S/c1-2-24-15(22)10-3-6-12(7-4-10)19-16(23)21-17-20-13-8-5-11(18)9-14(13)25-17/h3-9H,2H2,1H3,(H2,19,20,21,23). The number of hydrogen-bond acceptors (Lipinski definition) is 5. The van der Waals surface area contributed by atoms with Gasteiger partial charge in [-0.1, -0.05) is 11.3 Å². The quantitative estimate of drug-likeness (QED) is 0.682. The summed E-state index contributed by atoms with van der Waals surface area (Å²) in [5, 5.41) is 5.60. The van der Waals surface area contributed by atoms with E-state index in [1.165, 1.54) is 23.5 Å². The molecule has 6 nitrogen and oxygen atoms in total. The maximum Gasteiger partial charge on any atom is 0.338 e. The van der Waals surface area contributed by atoms with E-state index in [1.54, 1.807) is 37.3 Å². The van der Waals surface area contributed by atoms with Crippen molar-refractivity contribution in [3.8, 4) is 0 Å². The summed E-state index contributed by atoms with van der Waals surface area (Å²) in [4.78, 5) is 27.8. The van der Waals surface area contributed by atoms with Crippen molar-refractivity contribution >= 4 is 44.4 Å². The molecule has 0 aliphatic rings. The van der Waals surface area contributed by atoms with E-state index >= 15 is 0 Å². The summed E-state index contributed by atoms with van der Waals surface area (Å²) >= 11 is 1.18. The molecule has 2 N–H and O–H groups in total. The molecule has 1 aromatic heterocycles. The van der Waals surface area contributed by atoms with Crippen LogP contribution in [0.1, 0.15) is 17.3 Å². The Hall–Kier alpha value is -3.00. The molecule has 3 rings (SSSR count). The van der Waals surface area contributed by atoms with Crippen molar-refractivity contribution in [2.75, 3.05) is 17.2 Å². The molecule has 0 saturated heterocycles. The fourth-order valence-electron chi connectivity index (χ4n) is 2.12. The van der Waals surface area contributed by atoms with Gasteiger partial charge in [0.15, 0.2) is 5.13 Å². The van der Waals surface area contributed by atoms with Crippen LogP contribution in [0.25, 0.3) is 10.2 Å². The maximum atomic E-state index is 13.2. The molecule has 128 valence electrons. The van der Waals surface area contributed by atoms with Crippen molar-refractivity contribution in [3.05, 3.63) is 53.8 Å². The number of esters is 1. The molecule has 2 aromatic carbocycles. The van der Waals surface area contributed by atoms with E-state index in [9.17, 15) is 14.0 Å². The molecule has 0 bridgehead atoms. The molecule has 0 aliphatic carbocycles. The highest BCUT2D eigenvalue weighted by atomic mass is 32.1. The molecular formula is C17H14FN3O3S. The van der Waals surface area contributed by atoms with Gasteiger partial charge < -0.3 is 10.1 Å². The minimum atomic E-state index is -0.483. The first-order valence-electron chi connectivity index (χ1n) is 7.46. The summed E-state index contributed by atoms with van der Waals surface area (Å²) in [5.74, 6) is -0.769. The predicted octanol–water partition coefficient (Wildman–Crippen LogP) is 4.26. The summed E-state index contributed by atoms with van der Waals surface area (Å²) in [7, 11) is 0. The molecule has 0 saturated carbocycles. The largest absolute Gasteiger partial charge is 0.462 e. The average molecular weight is 359 g/mol. The molecule has 0 aliphatic heterocycles. The van der Waals surface area contributed by atoms with Gasteiger partial charge in [-0.15, -0.1) is 0 Å². The van der Waals surface area contributed by atoms with Crippen molar-refractivity contribution in [3.63, 3.8) is 0 Å². The Bertz CT molecular complexity index is 925. The van der Waals surface area contributed by atoms with Gasteiger partial charge in [0.2, 0.25) is 0 Å². The van der Waals surface area contributed by atoms with Crippen LogP contribution in [0.15, 0.2) is 42.5 Å². The normalized spacial score (nSPS) is 10.5. The van der Waals surface area contributed by atoms with E-state index < -0.39 is 12.0 Å². The van der Waals surface area contributed by atoms with Gasteiger partial charge >= 0.3 is 12.0 Å². The first-order valence-corrected chi connectivity index (χ1v) is 8.28. The Morgan fingerprint density at radius 2 is 1.92 bits per heavy atom. The van der Waals surface area contributed by atoms with E-state index in [2.05, 4.69) is 15.6 Å². The number of benzene rings is 2. The lowest BCUT2D eigenvalue weighted by Gasteiger charge is -2.06. The summed E-state index contributed by atoms with van der Waals surface area (Å²) < 4.78 is 18.7. The van der Waals surface area contributed by atoms with E-state index in [0.717, 1.165) is 0 Å². The van der Waals surface area contributed by atoms with Gasteiger partial charge in [0.1, 0.15) is 5.82 Å². The van der Waals surface area contributed by atoms with Gasteiger partial charge in [-0.3, -0.25) is 5.32 Å². The van der Waals surface area contributed by atoms with Gasteiger partial charge in [-0.05, 0) is 49.4 Å². The molecule has 0 atom stereocenters. The highest BCUT2D eigenvalue weighted by Gasteiger charge is 2.10. The minimum absolute atomic E-state index is 0.299. The van der Waals surface area contributed by atoms with Crippen LogP contribution in [0.4, 0.5) is 20.0 Å². The third kappa shape index (κ3) is 4.10. The molecular weight excluding hydrogens is 345 g/mol. The van der Waals surface area contributed by atoms with Crippen LogP contribution < -0.4 is 10.6 Å². The van der Waals surface area contributed by atoms with Crippen LogP contribution in [-0.4, -0.2) is 23.6 Å². The number of thiazole rings is 1. The molecule has 0 radical (unpaired) electrons. The van der Waals surface area contributed by atoms with Gasteiger partial charge in [0.25, 0.3) is 0 Å². The number of halogens is 1. The van der Waals surface area contributed by atoms with E-state index in [1.807, 2.05) is 0 Å². The van der Waals surface area contributed by atoms with Crippen molar-refractivity contribution in [1.82, 2.24) is 4.98 Å². The molecule has 0 fully saturated rings. The van der Waals surface area contributed by atoms with Crippen LogP contribution in [0.3, 0.4) is 0 Å². The first-order chi connectivity index (χ1) is 12.0. The number of hydrogen-bond donors (Lipinski definition) is 2. The summed E-state index contributed by atoms with van der Waals surface area (Å²) in [5.41, 5.74) is 1.53. The third-order valence-corrected chi connectivity index (χ3v) is 4.16. The Morgan fingerprint density at radius 3 is 2.64 bits per heavy atom. The molecule has 8 heteroatoms. The molecule has 25 heavy (non-hydrogen) atoms. The topological polar surface area (TPSA) is 80.3 Å². The maximum absolute atomic E-state index is 13.2. The Kier molecular flexibility index (Phi) is 4.90. The second kappa shape index (κ2) is 7.27.